The molecule has 9 heteroatoms. The van der Waals surface area contributed by atoms with Crippen LogP contribution in [-0.4, -0.2) is 32.2 Å². The molecule has 0 amide bonds. The summed E-state index contributed by atoms with van der Waals surface area (Å²) in [4.78, 5) is 11.4. The highest BCUT2D eigenvalue weighted by atomic mass is 32.3. The van der Waals surface area contributed by atoms with Crippen molar-refractivity contribution in [1.82, 2.24) is 0 Å². The second-order valence-electron chi connectivity index (χ2n) is 3.95. The van der Waals surface area contributed by atoms with Crippen molar-refractivity contribution in [3.8, 4) is 0 Å². The van der Waals surface area contributed by atoms with Gasteiger partial charge in [-0.1, -0.05) is 34.2 Å². The van der Waals surface area contributed by atoms with Crippen LogP contribution in [0.2, 0.25) is 0 Å². The van der Waals surface area contributed by atoms with E-state index in [0.717, 1.165) is 0 Å². The summed E-state index contributed by atoms with van der Waals surface area (Å²) < 4.78 is 50.7. The summed E-state index contributed by atoms with van der Waals surface area (Å²) in [6, 6.07) is 7.95. The molecule has 20 heavy (non-hydrogen) atoms. The number of hydrogen-bond acceptors (Lipinski definition) is 6. The zero-order chi connectivity index (χ0) is 15.4. The van der Waals surface area contributed by atoms with Gasteiger partial charge in [-0.15, -0.1) is 0 Å². The van der Waals surface area contributed by atoms with Crippen LogP contribution in [0.1, 0.15) is 11.5 Å². The van der Waals surface area contributed by atoms with E-state index in [0.29, 0.717) is 5.56 Å². The lowest BCUT2D eigenvalue weighted by atomic mass is 9.91. The minimum absolute atomic E-state index is 0.0818. The van der Waals surface area contributed by atoms with Crippen LogP contribution in [0.4, 0.5) is 8.28 Å². The predicted octanol–water partition coefficient (Wildman–Crippen LogP) is 1.52. The van der Waals surface area contributed by atoms with Crippen molar-refractivity contribution in [2.24, 2.45) is 5.73 Å². The van der Waals surface area contributed by atoms with Crippen LogP contribution in [-0.2, 0) is 19.5 Å². The van der Waals surface area contributed by atoms with Crippen LogP contribution in [0.15, 0.2) is 30.3 Å². The van der Waals surface area contributed by atoms with Crippen molar-refractivity contribution in [1.29, 1.82) is 0 Å². The third kappa shape index (κ3) is 4.43. The van der Waals surface area contributed by atoms with Crippen molar-refractivity contribution in [3.05, 3.63) is 35.9 Å². The number of carbonyl (C=O) groups excluding carboxylic acids is 1. The highest BCUT2D eigenvalue weighted by Gasteiger charge is 2.46. The van der Waals surface area contributed by atoms with E-state index in [4.69, 9.17) is 5.73 Å². The van der Waals surface area contributed by atoms with Gasteiger partial charge in [0.1, 0.15) is 0 Å². The molecule has 0 saturated heterocycles. The predicted molar refractivity (Wildman–Crippen MR) is 71.7 cm³/mol. The highest BCUT2D eigenvalue weighted by molar-refractivity contribution is 7.98. The van der Waals surface area contributed by atoms with Gasteiger partial charge in [0.15, 0.2) is 0 Å². The summed E-state index contributed by atoms with van der Waals surface area (Å²) in [7, 11) is -5.61. The Bertz CT molecular complexity index is 563. The molecule has 0 aliphatic heterocycles. The lowest BCUT2D eigenvalue weighted by molar-refractivity contribution is -0.148. The molecule has 1 rings (SSSR count). The minimum atomic E-state index is -5.61. The number of halogens is 2. The van der Waals surface area contributed by atoms with E-state index < -0.39 is 28.2 Å². The largest absolute Gasteiger partial charge is 0.491 e. The fourth-order valence-corrected chi connectivity index (χ4v) is 2.69. The summed E-state index contributed by atoms with van der Waals surface area (Å²) >= 11 is 1.20. The molecule has 0 fully saturated rings. The van der Waals surface area contributed by atoms with E-state index in [1.807, 2.05) is 0 Å². The summed E-state index contributed by atoms with van der Waals surface area (Å²) in [5, 5.41) is 0. The third-order valence-electron chi connectivity index (χ3n) is 2.53. The molecule has 0 radical (unpaired) electrons. The molecule has 0 bridgehead atoms. The fraction of sp³-hybridized carbons (Fsp3) is 0.364. The number of carbonyl (C=O) groups is 1. The Labute approximate surface area is 119 Å². The monoisotopic (exact) mass is 325 g/mol. The van der Waals surface area contributed by atoms with Crippen LogP contribution in [0.3, 0.4) is 0 Å². The molecule has 1 aromatic carbocycles. The minimum Gasteiger partial charge on any atom is -0.317 e. The molecule has 0 saturated carbocycles. The first-order valence-corrected chi connectivity index (χ1v) is 8.09. The first-order chi connectivity index (χ1) is 9.18. The van der Waals surface area contributed by atoms with E-state index in [1.54, 1.807) is 24.5 Å². The van der Waals surface area contributed by atoms with Gasteiger partial charge in [-0.3, -0.25) is 5.73 Å². The topological polar surface area (TPSA) is 86.5 Å². The first kappa shape index (κ1) is 16.9. The van der Waals surface area contributed by atoms with Crippen molar-refractivity contribution in [2.75, 3.05) is 12.0 Å². The summed E-state index contributed by atoms with van der Waals surface area (Å²) in [5.41, 5.74) is 5.62. The molecule has 1 aromatic rings. The lowest BCUT2D eigenvalue weighted by Gasteiger charge is -2.27. The van der Waals surface area contributed by atoms with E-state index in [9.17, 15) is 21.5 Å². The molecule has 0 aromatic heterocycles. The van der Waals surface area contributed by atoms with E-state index >= 15 is 0 Å². The van der Waals surface area contributed by atoms with Gasteiger partial charge < -0.3 is 4.18 Å². The van der Waals surface area contributed by atoms with Gasteiger partial charge in [0.2, 0.25) is 0 Å². The number of nitrogens with two attached hydrogens (primary N) is 1. The van der Waals surface area contributed by atoms with Gasteiger partial charge in [0, 0.05) is 5.75 Å². The molecule has 112 valence electrons. The summed E-state index contributed by atoms with van der Waals surface area (Å²) in [6.07, 6.45) is 1.66. The second-order valence-corrected chi connectivity index (χ2v) is 5.81. The smallest absolute Gasteiger partial charge is 0.317 e. The van der Waals surface area contributed by atoms with Gasteiger partial charge in [-0.2, -0.15) is 20.2 Å². The normalized spacial score (nSPS) is 16.2. The molecule has 0 aliphatic carbocycles. The van der Waals surface area contributed by atoms with E-state index in [2.05, 4.69) is 4.18 Å². The van der Waals surface area contributed by atoms with E-state index in [-0.39, 0.29) is 5.75 Å². The maximum atomic E-state index is 14.4. The lowest BCUT2D eigenvalue weighted by Crippen LogP contribution is -2.51. The molecule has 0 heterocycles. The Morgan fingerprint density at radius 3 is 2.45 bits per heavy atom. The maximum Gasteiger partial charge on any atom is 0.491 e. The molecule has 0 spiro atoms. The molecule has 2 unspecified atom stereocenters. The zero-order valence-electron chi connectivity index (χ0n) is 10.5. The molecule has 5 nitrogen and oxygen atoms in total. The van der Waals surface area contributed by atoms with Gasteiger partial charge in [0.25, 0.3) is 5.79 Å². The van der Waals surface area contributed by atoms with Crippen LogP contribution in [0.5, 0.6) is 0 Å². The highest BCUT2D eigenvalue weighted by Crippen LogP contribution is 2.32. The fourth-order valence-electron chi connectivity index (χ4n) is 1.61. The maximum absolute atomic E-state index is 14.4. The Morgan fingerprint density at radius 2 is 2.00 bits per heavy atom. The average molecular weight is 325 g/mol. The molecule has 0 aliphatic rings. The SMILES string of the molecule is CSCC(c1ccccc1)C(N)(F)C(=O)OS(=O)(=O)F. The number of thioether (sulfide) groups is 1. The quantitative estimate of drug-likeness (QED) is 0.630. The Morgan fingerprint density at radius 1 is 1.45 bits per heavy atom. The van der Waals surface area contributed by atoms with Gasteiger partial charge >= 0.3 is 16.5 Å². The van der Waals surface area contributed by atoms with Crippen LogP contribution >= 0.6 is 11.8 Å². The molecule has 2 atom stereocenters. The van der Waals surface area contributed by atoms with Crippen molar-refractivity contribution < 1.29 is 25.7 Å². The molecule has 2 N–H and O–H groups in total. The Balaban J connectivity index is 3.09. The Kier molecular flexibility index (Phi) is 5.49. The first-order valence-electron chi connectivity index (χ1n) is 5.38. The van der Waals surface area contributed by atoms with Gasteiger partial charge in [-0.25, -0.2) is 9.18 Å². The summed E-state index contributed by atoms with van der Waals surface area (Å²) in [5.74, 6) is -6.24. The second kappa shape index (κ2) is 6.51. The van der Waals surface area contributed by atoms with Gasteiger partial charge in [0.05, 0.1) is 5.92 Å². The summed E-state index contributed by atoms with van der Waals surface area (Å²) in [6.45, 7) is 0. The van der Waals surface area contributed by atoms with Crippen LogP contribution < -0.4 is 5.73 Å². The van der Waals surface area contributed by atoms with Crippen LogP contribution in [0, 0.1) is 0 Å². The van der Waals surface area contributed by atoms with Gasteiger partial charge in [-0.05, 0) is 11.8 Å². The Hall–Kier alpha value is -1.19. The van der Waals surface area contributed by atoms with E-state index in [1.165, 1.54) is 23.9 Å². The molecular weight excluding hydrogens is 312 g/mol. The van der Waals surface area contributed by atoms with Crippen molar-refractivity contribution in [2.45, 2.75) is 11.7 Å². The van der Waals surface area contributed by atoms with Crippen molar-refractivity contribution in [3.63, 3.8) is 0 Å². The molecular formula is C11H13F2NO4S2. The number of hydrogen-bond donors (Lipinski definition) is 1. The zero-order valence-corrected chi connectivity index (χ0v) is 12.1. The number of alkyl halides is 1. The number of benzene rings is 1. The average Bonchev–Trinajstić information content (AvgIpc) is 2.34. The van der Waals surface area contributed by atoms with Crippen LogP contribution in [0.25, 0.3) is 0 Å². The number of rotatable bonds is 6. The standard InChI is InChI=1S/C11H13F2NO4S2/c1-19-7-9(8-5-3-2-4-6-8)11(12,14)10(15)18-20(13,16)17/h2-6,9H,7,14H2,1H3. The van der Waals surface area contributed by atoms with Crippen molar-refractivity contribution >= 4 is 28.2 Å². The third-order valence-corrected chi connectivity index (χ3v) is 3.55.